The van der Waals surface area contributed by atoms with Crippen molar-refractivity contribution >= 4 is 6.08 Å². The third-order valence-electron chi connectivity index (χ3n) is 2.36. The molecule has 0 bridgehead atoms. The van der Waals surface area contributed by atoms with Crippen LogP contribution >= 0.6 is 0 Å². The maximum absolute atomic E-state index is 5.29. The first-order valence-corrected chi connectivity index (χ1v) is 5.60. The monoisotopic (exact) mass is 198 g/mol. The van der Waals surface area contributed by atoms with Gasteiger partial charge in [-0.1, -0.05) is 50.0 Å². The molecule has 0 nitrogen and oxygen atoms in total. The van der Waals surface area contributed by atoms with Crippen molar-refractivity contribution in [2.45, 2.75) is 32.6 Å². The number of terminal acetylenes is 1. The van der Waals surface area contributed by atoms with Crippen LogP contribution in [-0.2, 0) is 0 Å². The fraction of sp³-hybridized carbons (Fsp3) is 0.333. The summed E-state index contributed by atoms with van der Waals surface area (Å²) in [6, 6.07) is 8.08. The molecule has 0 amide bonds. The van der Waals surface area contributed by atoms with Crippen LogP contribution in [0.15, 0.2) is 30.3 Å². The van der Waals surface area contributed by atoms with Crippen LogP contribution in [0.3, 0.4) is 0 Å². The highest BCUT2D eigenvalue weighted by Crippen LogP contribution is 2.07. The lowest BCUT2D eigenvalue weighted by atomic mass is 10.1. The molecule has 0 heterocycles. The molecule has 0 aliphatic carbocycles. The van der Waals surface area contributed by atoms with Crippen molar-refractivity contribution in [3.63, 3.8) is 0 Å². The second-order valence-corrected chi connectivity index (χ2v) is 3.66. The van der Waals surface area contributed by atoms with Gasteiger partial charge in [-0.2, -0.15) is 0 Å². The molecule has 0 unspecified atom stereocenters. The van der Waals surface area contributed by atoms with Gasteiger partial charge < -0.3 is 0 Å². The van der Waals surface area contributed by atoms with Gasteiger partial charge in [0.25, 0.3) is 0 Å². The minimum absolute atomic E-state index is 0.943. The van der Waals surface area contributed by atoms with E-state index in [1.807, 2.05) is 12.1 Å². The van der Waals surface area contributed by atoms with Crippen molar-refractivity contribution in [3.8, 4) is 12.3 Å². The average molecular weight is 198 g/mol. The van der Waals surface area contributed by atoms with Gasteiger partial charge in [0.1, 0.15) is 0 Å². The number of rotatable bonds is 5. The van der Waals surface area contributed by atoms with Gasteiger partial charge in [0.05, 0.1) is 0 Å². The van der Waals surface area contributed by atoms with E-state index in [4.69, 9.17) is 6.42 Å². The molecular weight excluding hydrogens is 180 g/mol. The maximum atomic E-state index is 5.29. The SMILES string of the molecule is C#Cc1ccc(/C=C/CCCCC)cc1. The van der Waals surface area contributed by atoms with E-state index in [9.17, 15) is 0 Å². The molecule has 78 valence electrons. The van der Waals surface area contributed by atoms with Gasteiger partial charge in [-0.05, 0) is 30.5 Å². The number of hydrogen-bond donors (Lipinski definition) is 0. The van der Waals surface area contributed by atoms with Gasteiger partial charge in [0.2, 0.25) is 0 Å². The van der Waals surface area contributed by atoms with Gasteiger partial charge in [0.15, 0.2) is 0 Å². The van der Waals surface area contributed by atoms with E-state index in [-0.39, 0.29) is 0 Å². The number of allylic oxidation sites excluding steroid dienone is 1. The van der Waals surface area contributed by atoms with Gasteiger partial charge in [-0.15, -0.1) is 6.42 Å². The van der Waals surface area contributed by atoms with Crippen LogP contribution in [0.2, 0.25) is 0 Å². The molecule has 0 fully saturated rings. The summed E-state index contributed by atoms with van der Waals surface area (Å²) in [6.07, 6.45) is 14.7. The lowest BCUT2D eigenvalue weighted by Crippen LogP contribution is -1.75. The molecule has 0 atom stereocenters. The van der Waals surface area contributed by atoms with Gasteiger partial charge in [0, 0.05) is 5.56 Å². The molecular formula is C15H18. The highest BCUT2D eigenvalue weighted by Gasteiger charge is 1.87. The van der Waals surface area contributed by atoms with Crippen LogP contribution < -0.4 is 0 Å². The first-order valence-electron chi connectivity index (χ1n) is 5.60. The highest BCUT2D eigenvalue weighted by molar-refractivity contribution is 5.51. The maximum Gasteiger partial charge on any atom is 0.0243 e. The second kappa shape index (κ2) is 6.90. The standard InChI is InChI=1S/C15H18/c1-3-5-6-7-8-9-15-12-10-14(4-2)11-13-15/h2,8-13H,3,5-7H2,1H3/b9-8+. The summed E-state index contributed by atoms with van der Waals surface area (Å²) in [4.78, 5) is 0. The van der Waals surface area contributed by atoms with Crippen LogP contribution in [0.1, 0.15) is 43.7 Å². The fourth-order valence-corrected chi connectivity index (χ4v) is 1.42. The molecule has 1 aromatic rings. The van der Waals surface area contributed by atoms with Crippen LogP contribution in [0.4, 0.5) is 0 Å². The Balaban J connectivity index is 2.40. The van der Waals surface area contributed by atoms with E-state index < -0.39 is 0 Å². The predicted octanol–water partition coefficient (Wildman–Crippen LogP) is 4.26. The Morgan fingerprint density at radius 1 is 1.20 bits per heavy atom. The smallest absolute Gasteiger partial charge is 0.0243 e. The normalized spacial score (nSPS) is 10.4. The molecule has 1 rings (SSSR count). The van der Waals surface area contributed by atoms with Crippen molar-refractivity contribution in [1.29, 1.82) is 0 Å². The van der Waals surface area contributed by atoms with Gasteiger partial charge >= 0.3 is 0 Å². The zero-order valence-electron chi connectivity index (χ0n) is 9.37. The first kappa shape index (κ1) is 11.6. The quantitative estimate of drug-likeness (QED) is 0.490. The summed E-state index contributed by atoms with van der Waals surface area (Å²) in [7, 11) is 0. The first-order chi connectivity index (χ1) is 7.36. The second-order valence-electron chi connectivity index (χ2n) is 3.66. The van der Waals surface area contributed by atoms with Gasteiger partial charge in [-0.25, -0.2) is 0 Å². The molecule has 0 spiro atoms. The summed E-state index contributed by atoms with van der Waals surface area (Å²) in [6.45, 7) is 2.22. The summed E-state index contributed by atoms with van der Waals surface area (Å²) in [5.41, 5.74) is 2.17. The van der Waals surface area contributed by atoms with Crippen molar-refractivity contribution in [2.24, 2.45) is 0 Å². The number of hydrogen-bond acceptors (Lipinski definition) is 0. The molecule has 0 saturated heterocycles. The molecule has 0 aromatic heterocycles. The molecule has 0 N–H and O–H groups in total. The lowest BCUT2D eigenvalue weighted by Gasteiger charge is -1.95. The van der Waals surface area contributed by atoms with E-state index in [1.165, 1.54) is 31.2 Å². The van der Waals surface area contributed by atoms with Crippen LogP contribution in [0, 0.1) is 12.3 Å². The van der Waals surface area contributed by atoms with E-state index in [0.29, 0.717) is 0 Å². The van der Waals surface area contributed by atoms with Crippen molar-refractivity contribution in [1.82, 2.24) is 0 Å². The minimum Gasteiger partial charge on any atom is -0.115 e. The Morgan fingerprint density at radius 2 is 1.93 bits per heavy atom. The summed E-state index contributed by atoms with van der Waals surface area (Å²) in [5, 5.41) is 0. The molecule has 1 aromatic carbocycles. The summed E-state index contributed by atoms with van der Waals surface area (Å²) in [5.74, 6) is 2.61. The third-order valence-corrected chi connectivity index (χ3v) is 2.36. The van der Waals surface area contributed by atoms with Crippen molar-refractivity contribution < 1.29 is 0 Å². The van der Waals surface area contributed by atoms with Crippen molar-refractivity contribution in [2.75, 3.05) is 0 Å². The largest absolute Gasteiger partial charge is 0.115 e. The lowest BCUT2D eigenvalue weighted by molar-refractivity contribution is 0.730. The Morgan fingerprint density at radius 3 is 2.53 bits per heavy atom. The molecule has 0 aliphatic heterocycles. The van der Waals surface area contributed by atoms with E-state index in [0.717, 1.165) is 5.56 Å². The minimum atomic E-state index is 0.943. The highest BCUT2D eigenvalue weighted by atomic mass is 13.9. The zero-order valence-corrected chi connectivity index (χ0v) is 9.37. The summed E-state index contributed by atoms with van der Waals surface area (Å²) >= 11 is 0. The molecule has 0 heteroatoms. The number of benzene rings is 1. The number of unbranched alkanes of at least 4 members (excludes halogenated alkanes) is 3. The molecule has 15 heavy (non-hydrogen) atoms. The topological polar surface area (TPSA) is 0 Å². The van der Waals surface area contributed by atoms with Gasteiger partial charge in [-0.3, -0.25) is 0 Å². The predicted molar refractivity (Wildman–Crippen MR) is 67.6 cm³/mol. The Labute approximate surface area is 93.0 Å². The Kier molecular flexibility index (Phi) is 5.33. The Bertz CT molecular complexity index is 335. The molecule has 0 radical (unpaired) electrons. The zero-order chi connectivity index (χ0) is 10.9. The average Bonchev–Trinajstić information content (AvgIpc) is 2.30. The van der Waals surface area contributed by atoms with Crippen LogP contribution in [0.25, 0.3) is 6.08 Å². The summed E-state index contributed by atoms with van der Waals surface area (Å²) < 4.78 is 0. The van der Waals surface area contributed by atoms with Crippen LogP contribution in [0.5, 0.6) is 0 Å². The molecule has 0 aliphatic rings. The molecule has 0 saturated carbocycles. The third kappa shape index (κ3) is 4.51. The fourth-order valence-electron chi connectivity index (χ4n) is 1.42. The van der Waals surface area contributed by atoms with E-state index in [2.05, 4.69) is 37.1 Å². The van der Waals surface area contributed by atoms with Crippen molar-refractivity contribution in [3.05, 3.63) is 41.5 Å². The van der Waals surface area contributed by atoms with Crippen LogP contribution in [-0.4, -0.2) is 0 Å². The Hall–Kier alpha value is -1.48. The van der Waals surface area contributed by atoms with E-state index in [1.54, 1.807) is 0 Å². The van der Waals surface area contributed by atoms with E-state index >= 15 is 0 Å².